The van der Waals surface area contributed by atoms with Crippen LogP contribution in [0.4, 0.5) is 10.8 Å². The summed E-state index contributed by atoms with van der Waals surface area (Å²) in [6.45, 7) is 3.86. The van der Waals surface area contributed by atoms with Crippen molar-refractivity contribution in [3.63, 3.8) is 0 Å². The Bertz CT molecular complexity index is 648. The fourth-order valence-electron chi connectivity index (χ4n) is 2.42. The van der Waals surface area contributed by atoms with Gasteiger partial charge in [-0.2, -0.15) is 0 Å². The van der Waals surface area contributed by atoms with Crippen LogP contribution in [0.2, 0.25) is 0 Å². The van der Waals surface area contributed by atoms with Crippen LogP contribution < -0.4 is 10.2 Å². The SMILES string of the molecule is CC(Cl)C(=O)Nc1ccc(-c2csc(N3CCCC3)n2)cc1. The average Bonchev–Trinajstić information content (AvgIpc) is 3.19. The Morgan fingerprint density at radius 3 is 2.64 bits per heavy atom. The fourth-order valence-corrected chi connectivity index (χ4v) is 3.36. The topological polar surface area (TPSA) is 45.2 Å². The zero-order valence-electron chi connectivity index (χ0n) is 12.4. The molecule has 22 heavy (non-hydrogen) atoms. The summed E-state index contributed by atoms with van der Waals surface area (Å²) in [7, 11) is 0. The highest BCUT2D eigenvalue weighted by Gasteiger charge is 2.16. The van der Waals surface area contributed by atoms with Crippen LogP contribution in [0.25, 0.3) is 11.3 Å². The lowest BCUT2D eigenvalue weighted by Crippen LogP contribution is -2.20. The van der Waals surface area contributed by atoms with Crippen molar-refractivity contribution in [3.8, 4) is 11.3 Å². The number of thiazole rings is 1. The van der Waals surface area contributed by atoms with Crippen LogP contribution in [0.5, 0.6) is 0 Å². The molecule has 0 aliphatic carbocycles. The molecule has 2 aromatic rings. The second-order valence-corrected chi connectivity index (χ2v) is 6.88. The van der Waals surface area contributed by atoms with Gasteiger partial charge in [0.1, 0.15) is 5.38 Å². The van der Waals surface area contributed by atoms with Crippen LogP contribution in [-0.4, -0.2) is 29.4 Å². The van der Waals surface area contributed by atoms with Gasteiger partial charge in [0.2, 0.25) is 5.91 Å². The molecule has 4 nitrogen and oxygen atoms in total. The lowest BCUT2D eigenvalue weighted by Gasteiger charge is -2.12. The van der Waals surface area contributed by atoms with Crippen molar-refractivity contribution in [1.29, 1.82) is 0 Å². The number of anilines is 2. The van der Waals surface area contributed by atoms with Gasteiger partial charge in [0, 0.05) is 29.7 Å². The quantitative estimate of drug-likeness (QED) is 0.860. The van der Waals surface area contributed by atoms with Crippen LogP contribution in [-0.2, 0) is 4.79 Å². The second kappa shape index (κ2) is 6.67. The summed E-state index contributed by atoms with van der Waals surface area (Å²) >= 11 is 7.43. The fraction of sp³-hybridized carbons (Fsp3) is 0.375. The first-order valence-corrected chi connectivity index (χ1v) is 8.71. The first-order chi connectivity index (χ1) is 10.6. The summed E-state index contributed by atoms with van der Waals surface area (Å²) < 4.78 is 0. The number of benzene rings is 1. The Labute approximate surface area is 139 Å². The molecule has 1 N–H and O–H groups in total. The minimum atomic E-state index is -0.541. The maximum atomic E-state index is 11.6. The van der Waals surface area contributed by atoms with Gasteiger partial charge in [0.15, 0.2) is 5.13 Å². The minimum absolute atomic E-state index is 0.195. The van der Waals surface area contributed by atoms with E-state index in [9.17, 15) is 4.79 Å². The zero-order chi connectivity index (χ0) is 15.5. The number of nitrogens with zero attached hydrogens (tertiary/aromatic N) is 2. The number of halogens is 1. The summed E-state index contributed by atoms with van der Waals surface area (Å²) in [5.41, 5.74) is 2.78. The monoisotopic (exact) mass is 335 g/mol. The molecule has 0 saturated carbocycles. The molecule has 1 amide bonds. The van der Waals surface area contributed by atoms with Gasteiger partial charge in [-0.1, -0.05) is 12.1 Å². The third kappa shape index (κ3) is 3.42. The van der Waals surface area contributed by atoms with Crippen LogP contribution in [0, 0.1) is 0 Å². The number of rotatable bonds is 4. The second-order valence-electron chi connectivity index (χ2n) is 5.39. The van der Waals surface area contributed by atoms with E-state index in [2.05, 4.69) is 15.6 Å². The summed E-state index contributed by atoms with van der Waals surface area (Å²) in [4.78, 5) is 18.6. The van der Waals surface area contributed by atoms with Crippen molar-refractivity contribution in [1.82, 2.24) is 4.98 Å². The molecule has 1 aliphatic rings. The van der Waals surface area contributed by atoms with Crippen molar-refractivity contribution >= 4 is 39.7 Å². The first kappa shape index (κ1) is 15.3. The third-order valence-corrected chi connectivity index (χ3v) is 4.78. The number of nitrogens with one attached hydrogen (secondary N) is 1. The molecule has 0 spiro atoms. The molecule has 6 heteroatoms. The Kier molecular flexibility index (Phi) is 4.64. The van der Waals surface area contributed by atoms with Crippen molar-refractivity contribution < 1.29 is 4.79 Å². The first-order valence-electron chi connectivity index (χ1n) is 7.39. The summed E-state index contributed by atoms with van der Waals surface area (Å²) in [6.07, 6.45) is 2.50. The standard InChI is InChI=1S/C16H18ClN3OS/c1-11(17)15(21)18-13-6-4-12(5-7-13)14-10-22-16(19-14)20-8-2-3-9-20/h4-7,10-11H,2-3,8-9H2,1H3,(H,18,21). The van der Waals surface area contributed by atoms with Crippen molar-refractivity contribution in [2.24, 2.45) is 0 Å². The predicted octanol–water partition coefficient (Wildman–Crippen LogP) is 3.98. The van der Waals surface area contributed by atoms with E-state index in [4.69, 9.17) is 16.6 Å². The highest BCUT2D eigenvalue weighted by molar-refractivity contribution is 7.14. The summed E-state index contributed by atoms with van der Waals surface area (Å²) in [5, 5.41) is 5.42. The van der Waals surface area contributed by atoms with Crippen LogP contribution in [0.15, 0.2) is 29.6 Å². The Morgan fingerprint density at radius 2 is 2.00 bits per heavy atom. The minimum Gasteiger partial charge on any atom is -0.348 e. The van der Waals surface area contributed by atoms with Crippen LogP contribution >= 0.6 is 22.9 Å². The van der Waals surface area contributed by atoms with E-state index in [1.54, 1.807) is 18.3 Å². The Hall–Kier alpha value is -1.59. The molecular weight excluding hydrogens is 318 g/mol. The van der Waals surface area contributed by atoms with Crippen LogP contribution in [0.3, 0.4) is 0 Å². The highest BCUT2D eigenvalue weighted by atomic mass is 35.5. The van der Waals surface area contributed by atoms with Crippen LogP contribution in [0.1, 0.15) is 19.8 Å². The van der Waals surface area contributed by atoms with Gasteiger partial charge in [-0.3, -0.25) is 4.79 Å². The van der Waals surface area contributed by atoms with E-state index in [1.807, 2.05) is 24.3 Å². The van der Waals surface area contributed by atoms with Crippen molar-refractivity contribution in [3.05, 3.63) is 29.6 Å². The average molecular weight is 336 g/mol. The molecule has 1 aromatic heterocycles. The van der Waals surface area contributed by atoms with E-state index in [-0.39, 0.29) is 5.91 Å². The van der Waals surface area contributed by atoms with Gasteiger partial charge >= 0.3 is 0 Å². The number of hydrogen-bond donors (Lipinski definition) is 1. The molecule has 0 radical (unpaired) electrons. The lowest BCUT2D eigenvalue weighted by molar-refractivity contribution is -0.115. The molecular formula is C16H18ClN3OS. The van der Waals surface area contributed by atoms with Gasteiger partial charge in [0.25, 0.3) is 0 Å². The molecule has 1 saturated heterocycles. The van der Waals surface area contributed by atoms with E-state index >= 15 is 0 Å². The van der Waals surface area contributed by atoms with Gasteiger partial charge in [-0.25, -0.2) is 4.98 Å². The summed E-state index contributed by atoms with van der Waals surface area (Å²) in [5.74, 6) is -0.195. The molecule has 3 rings (SSSR count). The van der Waals surface area contributed by atoms with Gasteiger partial charge in [-0.15, -0.1) is 22.9 Å². The van der Waals surface area contributed by atoms with E-state index in [0.717, 1.165) is 35.2 Å². The lowest BCUT2D eigenvalue weighted by atomic mass is 10.1. The number of amides is 1. The number of hydrogen-bond acceptors (Lipinski definition) is 4. The maximum absolute atomic E-state index is 11.6. The third-order valence-electron chi connectivity index (χ3n) is 3.68. The normalized spacial score (nSPS) is 15.8. The molecule has 1 aliphatic heterocycles. The van der Waals surface area contributed by atoms with Crippen molar-refractivity contribution in [2.45, 2.75) is 25.1 Å². The largest absolute Gasteiger partial charge is 0.348 e. The van der Waals surface area contributed by atoms with Gasteiger partial charge in [-0.05, 0) is 31.9 Å². The molecule has 1 unspecified atom stereocenters. The highest BCUT2D eigenvalue weighted by Crippen LogP contribution is 2.30. The van der Waals surface area contributed by atoms with E-state index in [1.165, 1.54) is 12.8 Å². The smallest absolute Gasteiger partial charge is 0.242 e. The maximum Gasteiger partial charge on any atom is 0.242 e. The van der Waals surface area contributed by atoms with E-state index in [0.29, 0.717) is 0 Å². The molecule has 116 valence electrons. The number of carbonyl (C=O) groups is 1. The number of alkyl halides is 1. The summed E-state index contributed by atoms with van der Waals surface area (Å²) in [6, 6.07) is 7.69. The molecule has 1 aromatic carbocycles. The Balaban J connectivity index is 1.71. The number of aromatic nitrogens is 1. The predicted molar refractivity (Wildman–Crippen MR) is 92.9 cm³/mol. The molecule has 1 fully saturated rings. The zero-order valence-corrected chi connectivity index (χ0v) is 14.0. The van der Waals surface area contributed by atoms with Gasteiger partial charge < -0.3 is 10.2 Å². The van der Waals surface area contributed by atoms with Crippen molar-refractivity contribution in [2.75, 3.05) is 23.3 Å². The number of carbonyl (C=O) groups excluding carboxylic acids is 1. The van der Waals surface area contributed by atoms with E-state index < -0.39 is 5.38 Å². The molecule has 2 heterocycles. The molecule has 1 atom stereocenters. The molecule has 0 bridgehead atoms. The van der Waals surface area contributed by atoms with Gasteiger partial charge in [0.05, 0.1) is 5.69 Å². The Morgan fingerprint density at radius 1 is 1.32 bits per heavy atom.